The van der Waals surface area contributed by atoms with E-state index in [1.807, 2.05) is 0 Å². The first kappa shape index (κ1) is 12.1. The molecule has 0 radical (unpaired) electrons. The Morgan fingerprint density at radius 1 is 1.24 bits per heavy atom. The number of hydrogen-bond acceptors (Lipinski definition) is 3. The molecule has 2 heterocycles. The molecule has 1 fully saturated rings. The number of aromatic nitrogens is 2. The Kier molecular flexibility index (Phi) is 3.81. The number of hydrogen-bond donors (Lipinski definition) is 1. The van der Waals surface area contributed by atoms with Crippen LogP contribution in [0, 0.1) is 0 Å². The Hall–Kier alpha value is -1.33. The lowest BCUT2D eigenvalue weighted by Gasteiger charge is -2.24. The van der Waals surface area contributed by atoms with Gasteiger partial charge < -0.3 is 10.6 Å². The van der Waals surface area contributed by atoms with Crippen molar-refractivity contribution in [3.63, 3.8) is 0 Å². The maximum absolute atomic E-state index is 12.4. The van der Waals surface area contributed by atoms with E-state index in [1.165, 1.54) is 23.7 Å². The third-order valence-electron chi connectivity index (χ3n) is 3.06. The number of rotatable bonds is 3. The highest BCUT2D eigenvalue weighted by molar-refractivity contribution is 5.62. The normalized spacial score (nSPS) is 17.5. The summed E-state index contributed by atoms with van der Waals surface area (Å²) in [5.41, 5.74) is 6.32. The van der Waals surface area contributed by atoms with Gasteiger partial charge in [0, 0.05) is 13.1 Å². The molecule has 1 aromatic heterocycles. The first-order valence-corrected chi connectivity index (χ1v) is 6.03. The summed E-state index contributed by atoms with van der Waals surface area (Å²) in [5.74, 6) is 0.659. The molecule has 4 nitrogen and oxygen atoms in total. The minimum absolute atomic E-state index is 0.386. The standard InChI is InChI=1S/C11H18F2N4/c12-10(13)8-17-11(9(14)7-15-17)16-5-3-1-2-4-6-16/h7,10H,1-6,8,14H2. The quantitative estimate of drug-likeness (QED) is 0.885. The molecule has 0 amide bonds. The van der Waals surface area contributed by atoms with Crippen LogP contribution in [0.1, 0.15) is 25.7 Å². The van der Waals surface area contributed by atoms with Crippen LogP contribution in [0.3, 0.4) is 0 Å². The molecule has 17 heavy (non-hydrogen) atoms. The third kappa shape index (κ3) is 2.87. The summed E-state index contributed by atoms with van der Waals surface area (Å²) < 4.78 is 26.2. The van der Waals surface area contributed by atoms with Crippen LogP contribution in [0.4, 0.5) is 20.3 Å². The Bertz CT molecular complexity index is 356. The van der Waals surface area contributed by atoms with E-state index < -0.39 is 6.43 Å². The maximum Gasteiger partial charge on any atom is 0.258 e. The lowest BCUT2D eigenvalue weighted by atomic mass is 10.2. The van der Waals surface area contributed by atoms with Crippen molar-refractivity contribution in [2.45, 2.75) is 38.7 Å². The molecule has 1 aliphatic heterocycles. The van der Waals surface area contributed by atoms with E-state index in [2.05, 4.69) is 10.00 Å². The lowest BCUT2D eigenvalue weighted by Crippen LogP contribution is -2.28. The van der Waals surface area contributed by atoms with Crippen LogP contribution >= 0.6 is 0 Å². The summed E-state index contributed by atoms with van der Waals surface area (Å²) in [7, 11) is 0. The minimum atomic E-state index is -2.40. The Morgan fingerprint density at radius 3 is 2.47 bits per heavy atom. The molecule has 0 atom stereocenters. The molecule has 2 N–H and O–H groups in total. The number of nitrogens with zero attached hydrogens (tertiary/aromatic N) is 3. The fourth-order valence-electron chi connectivity index (χ4n) is 2.29. The molecule has 0 saturated carbocycles. The van der Waals surface area contributed by atoms with Crippen molar-refractivity contribution in [2.75, 3.05) is 23.7 Å². The second-order valence-electron chi connectivity index (χ2n) is 4.40. The number of nitrogen functional groups attached to an aromatic ring is 1. The molecule has 96 valence electrons. The molecular formula is C11H18F2N4. The van der Waals surface area contributed by atoms with Crippen LogP contribution in [-0.4, -0.2) is 29.3 Å². The van der Waals surface area contributed by atoms with E-state index in [0.29, 0.717) is 11.5 Å². The summed E-state index contributed by atoms with van der Waals surface area (Å²) in [5, 5.41) is 3.93. The van der Waals surface area contributed by atoms with Gasteiger partial charge in [0.25, 0.3) is 6.43 Å². The van der Waals surface area contributed by atoms with Crippen LogP contribution in [0.25, 0.3) is 0 Å². The van der Waals surface area contributed by atoms with Gasteiger partial charge >= 0.3 is 0 Å². The Morgan fingerprint density at radius 2 is 1.88 bits per heavy atom. The van der Waals surface area contributed by atoms with Gasteiger partial charge in [-0.25, -0.2) is 13.5 Å². The molecule has 1 aromatic rings. The van der Waals surface area contributed by atoms with Gasteiger partial charge in [0.2, 0.25) is 0 Å². The monoisotopic (exact) mass is 244 g/mol. The number of anilines is 2. The highest BCUT2D eigenvalue weighted by atomic mass is 19.3. The van der Waals surface area contributed by atoms with E-state index in [0.717, 1.165) is 25.9 Å². The smallest absolute Gasteiger partial charge is 0.258 e. The summed E-state index contributed by atoms with van der Waals surface area (Å²) in [6, 6.07) is 0. The molecule has 0 unspecified atom stereocenters. The van der Waals surface area contributed by atoms with Crippen molar-refractivity contribution in [2.24, 2.45) is 0 Å². The van der Waals surface area contributed by atoms with Gasteiger partial charge in [-0.05, 0) is 12.8 Å². The van der Waals surface area contributed by atoms with Gasteiger partial charge in [0.15, 0.2) is 5.82 Å². The Balaban J connectivity index is 2.19. The van der Waals surface area contributed by atoms with Gasteiger partial charge in [0.1, 0.15) is 6.54 Å². The highest BCUT2D eigenvalue weighted by Gasteiger charge is 2.19. The maximum atomic E-state index is 12.4. The van der Waals surface area contributed by atoms with Crippen LogP contribution < -0.4 is 10.6 Å². The van der Waals surface area contributed by atoms with Crippen LogP contribution in [-0.2, 0) is 6.54 Å². The zero-order valence-corrected chi connectivity index (χ0v) is 9.78. The molecule has 0 spiro atoms. The number of alkyl halides is 2. The molecule has 1 saturated heterocycles. The predicted octanol–water partition coefficient (Wildman–Crippen LogP) is 2.11. The van der Waals surface area contributed by atoms with E-state index >= 15 is 0 Å². The zero-order chi connectivity index (χ0) is 12.3. The molecular weight excluding hydrogens is 226 g/mol. The van der Waals surface area contributed by atoms with E-state index in [1.54, 1.807) is 0 Å². The van der Waals surface area contributed by atoms with Crippen LogP contribution in [0.15, 0.2) is 6.20 Å². The number of nitrogens with two attached hydrogens (primary N) is 1. The van der Waals surface area contributed by atoms with Gasteiger partial charge in [-0.15, -0.1) is 0 Å². The second-order valence-corrected chi connectivity index (χ2v) is 4.40. The summed E-state index contributed by atoms with van der Waals surface area (Å²) in [6.07, 6.45) is 3.61. The van der Waals surface area contributed by atoms with Crippen molar-refractivity contribution in [1.29, 1.82) is 0 Å². The molecule has 0 bridgehead atoms. The first-order valence-electron chi connectivity index (χ1n) is 6.03. The fourth-order valence-corrected chi connectivity index (χ4v) is 2.29. The molecule has 0 aliphatic carbocycles. The van der Waals surface area contributed by atoms with Crippen LogP contribution in [0.2, 0.25) is 0 Å². The minimum Gasteiger partial charge on any atom is -0.394 e. The predicted molar refractivity (Wildman–Crippen MR) is 63.3 cm³/mol. The van der Waals surface area contributed by atoms with E-state index in [9.17, 15) is 8.78 Å². The SMILES string of the molecule is Nc1cnn(CC(F)F)c1N1CCCCCC1. The van der Waals surface area contributed by atoms with Crippen molar-refractivity contribution in [3.05, 3.63) is 6.20 Å². The number of halogens is 2. The molecule has 1 aliphatic rings. The molecule has 2 rings (SSSR count). The summed E-state index contributed by atoms with van der Waals surface area (Å²) >= 11 is 0. The topological polar surface area (TPSA) is 47.1 Å². The highest BCUT2D eigenvalue weighted by Crippen LogP contribution is 2.26. The van der Waals surface area contributed by atoms with Crippen molar-refractivity contribution >= 4 is 11.5 Å². The fraction of sp³-hybridized carbons (Fsp3) is 0.727. The molecule has 0 aromatic carbocycles. The zero-order valence-electron chi connectivity index (χ0n) is 9.78. The molecule has 6 heteroatoms. The van der Waals surface area contributed by atoms with Gasteiger partial charge in [-0.3, -0.25) is 0 Å². The van der Waals surface area contributed by atoms with Gasteiger partial charge in [-0.2, -0.15) is 5.10 Å². The van der Waals surface area contributed by atoms with Crippen molar-refractivity contribution < 1.29 is 8.78 Å². The lowest BCUT2D eigenvalue weighted by molar-refractivity contribution is 0.122. The van der Waals surface area contributed by atoms with Gasteiger partial charge in [-0.1, -0.05) is 12.8 Å². The average Bonchev–Trinajstić information content (AvgIpc) is 2.53. The first-order chi connectivity index (χ1) is 8.18. The Labute approximate surface area is 99.4 Å². The van der Waals surface area contributed by atoms with E-state index in [4.69, 9.17) is 5.73 Å². The largest absolute Gasteiger partial charge is 0.394 e. The summed E-state index contributed by atoms with van der Waals surface area (Å²) in [6.45, 7) is 1.36. The van der Waals surface area contributed by atoms with Crippen molar-refractivity contribution in [1.82, 2.24) is 9.78 Å². The summed E-state index contributed by atoms with van der Waals surface area (Å²) in [4.78, 5) is 2.08. The van der Waals surface area contributed by atoms with Gasteiger partial charge in [0.05, 0.1) is 11.9 Å². The van der Waals surface area contributed by atoms with Crippen LogP contribution in [0.5, 0.6) is 0 Å². The van der Waals surface area contributed by atoms with Crippen molar-refractivity contribution in [3.8, 4) is 0 Å². The third-order valence-corrected chi connectivity index (χ3v) is 3.06. The second kappa shape index (κ2) is 5.33. The average molecular weight is 244 g/mol. The van der Waals surface area contributed by atoms with E-state index in [-0.39, 0.29) is 6.54 Å².